The van der Waals surface area contributed by atoms with Crippen molar-refractivity contribution < 1.29 is 9.90 Å². The van der Waals surface area contributed by atoms with Crippen molar-refractivity contribution in [2.75, 3.05) is 0 Å². The number of benzene rings is 1. The second kappa shape index (κ2) is 5.12. The molecule has 3 rings (SSSR count). The van der Waals surface area contributed by atoms with Gasteiger partial charge in [0.25, 0.3) is 0 Å². The predicted molar refractivity (Wildman–Crippen MR) is 74.8 cm³/mol. The van der Waals surface area contributed by atoms with Gasteiger partial charge >= 0.3 is 5.97 Å². The lowest BCUT2D eigenvalue weighted by Crippen LogP contribution is -1.97. The summed E-state index contributed by atoms with van der Waals surface area (Å²) in [5.41, 5.74) is 2.14. The fourth-order valence-electron chi connectivity index (χ4n) is 2.01. The third-order valence-electron chi connectivity index (χ3n) is 2.80. The molecule has 2 aromatic heterocycles. The van der Waals surface area contributed by atoms with Gasteiger partial charge in [-0.05, 0) is 12.1 Å². The normalized spacial score (nSPS) is 10.1. The average molecular weight is 275 g/mol. The number of halogens is 1. The van der Waals surface area contributed by atoms with Gasteiger partial charge in [0.2, 0.25) is 0 Å². The summed E-state index contributed by atoms with van der Waals surface area (Å²) in [6, 6.07) is 14.7. The number of carbonyl (C=O) groups is 1. The molecule has 0 amide bonds. The number of fused-ring (bicyclic) bond motifs is 1. The largest absolute Gasteiger partial charge is 0.478 e. The Labute approximate surface area is 115 Å². The van der Waals surface area contributed by atoms with Crippen molar-refractivity contribution >= 4 is 23.9 Å². The summed E-state index contributed by atoms with van der Waals surface area (Å²) >= 11 is 0. The van der Waals surface area contributed by atoms with Crippen molar-refractivity contribution in [3.05, 3.63) is 60.3 Å². The maximum Gasteiger partial charge on any atom is 0.340 e. The molecule has 96 valence electrons. The van der Waals surface area contributed by atoms with Crippen LogP contribution < -0.4 is 0 Å². The predicted octanol–water partition coefficient (Wildman–Crippen LogP) is 3.12. The molecule has 0 spiro atoms. The first-order chi connectivity index (χ1) is 8.77. The number of pyridine rings is 1. The number of aromatic carboxylic acids is 1. The Morgan fingerprint density at radius 3 is 2.42 bits per heavy atom. The number of carboxylic acid groups (broad SMARTS) is 1. The van der Waals surface area contributed by atoms with E-state index in [2.05, 4.69) is 5.10 Å². The van der Waals surface area contributed by atoms with Gasteiger partial charge in [0.05, 0.1) is 5.52 Å². The molecular weight excluding hydrogens is 264 g/mol. The van der Waals surface area contributed by atoms with E-state index in [9.17, 15) is 9.90 Å². The Balaban J connectivity index is 0.00000133. The lowest BCUT2D eigenvalue weighted by atomic mass is 10.1. The Morgan fingerprint density at radius 2 is 1.74 bits per heavy atom. The van der Waals surface area contributed by atoms with Crippen LogP contribution in [0, 0.1) is 0 Å². The van der Waals surface area contributed by atoms with Gasteiger partial charge in [0.1, 0.15) is 11.3 Å². The number of hydrogen-bond donors (Lipinski definition) is 1. The highest BCUT2D eigenvalue weighted by Crippen LogP contribution is 2.25. The minimum atomic E-state index is -0.963. The summed E-state index contributed by atoms with van der Waals surface area (Å²) in [6.07, 6.45) is 1.74. The van der Waals surface area contributed by atoms with Crippen LogP contribution in [-0.4, -0.2) is 20.7 Å². The summed E-state index contributed by atoms with van der Waals surface area (Å²) in [5.74, 6) is -0.963. The number of nitrogens with zero attached hydrogens (tertiary/aromatic N) is 2. The van der Waals surface area contributed by atoms with E-state index in [1.165, 1.54) is 0 Å². The fraction of sp³-hybridized carbons (Fsp3) is 0. The van der Waals surface area contributed by atoms with Crippen molar-refractivity contribution in [1.82, 2.24) is 9.61 Å². The highest BCUT2D eigenvalue weighted by molar-refractivity contribution is 6.02. The minimum Gasteiger partial charge on any atom is -0.478 e. The zero-order valence-corrected chi connectivity index (χ0v) is 10.7. The van der Waals surface area contributed by atoms with Crippen LogP contribution in [0.1, 0.15) is 10.4 Å². The Hall–Kier alpha value is -2.33. The van der Waals surface area contributed by atoms with Crippen LogP contribution in [0.25, 0.3) is 16.8 Å². The van der Waals surface area contributed by atoms with Crippen LogP contribution >= 0.6 is 12.4 Å². The van der Waals surface area contributed by atoms with Gasteiger partial charge in [-0.3, -0.25) is 0 Å². The third-order valence-corrected chi connectivity index (χ3v) is 2.80. The van der Waals surface area contributed by atoms with Crippen LogP contribution in [0.3, 0.4) is 0 Å². The van der Waals surface area contributed by atoms with Crippen molar-refractivity contribution in [3.63, 3.8) is 0 Å². The monoisotopic (exact) mass is 274 g/mol. The van der Waals surface area contributed by atoms with E-state index in [-0.39, 0.29) is 18.0 Å². The van der Waals surface area contributed by atoms with Crippen LogP contribution in [0.5, 0.6) is 0 Å². The van der Waals surface area contributed by atoms with Crippen molar-refractivity contribution in [1.29, 1.82) is 0 Å². The molecule has 0 aliphatic carbocycles. The lowest BCUT2D eigenvalue weighted by molar-refractivity contribution is 0.0700. The van der Waals surface area contributed by atoms with Gasteiger partial charge in [-0.25, -0.2) is 9.31 Å². The molecule has 2 heterocycles. The number of hydrogen-bond acceptors (Lipinski definition) is 2. The first-order valence-corrected chi connectivity index (χ1v) is 5.53. The van der Waals surface area contributed by atoms with Gasteiger partial charge in [0, 0.05) is 11.8 Å². The van der Waals surface area contributed by atoms with Gasteiger partial charge < -0.3 is 5.11 Å². The standard InChI is InChI=1S/C14H10N2O2.ClH/c17-14(18)12-11-8-4-5-9-16(11)15-13(12)10-6-2-1-3-7-10;/h1-9H,(H,17,18);1H. The molecule has 5 heteroatoms. The highest BCUT2D eigenvalue weighted by Gasteiger charge is 2.19. The molecule has 4 nitrogen and oxygen atoms in total. The van der Waals surface area contributed by atoms with E-state index in [1.54, 1.807) is 22.8 Å². The molecule has 1 aromatic carbocycles. The smallest absolute Gasteiger partial charge is 0.340 e. The minimum absolute atomic E-state index is 0. The van der Waals surface area contributed by atoms with Crippen LogP contribution in [0.15, 0.2) is 54.7 Å². The Kier molecular flexibility index (Phi) is 3.53. The molecule has 1 N–H and O–H groups in total. The van der Waals surface area contributed by atoms with E-state index in [0.29, 0.717) is 11.2 Å². The molecule has 0 saturated carbocycles. The molecule has 19 heavy (non-hydrogen) atoms. The first kappa shape index (κ1) is 13.1. The van der Waals surface area contributed by atoms with Crippen LogP contribution in [0.4, 0.5) is 0 Å². The van der Waals surface area contributed by atoms with E-state index >= 15 is 0 Å². The zero-order chi connectivity index (χ0) is 12.5. The van der Waals surface area contributed by atoms with Crippen molar-refractivity contribution in [2.24, 2.45) is 0 Å². The molecule has 0 bridgehead atoms. The molecule has 0 unspecified atom stereocenters. The summed E-state index contributed by atoms with van der Waals surface area (Å²) in [4.78, 5) is 11.4. The van der Waals surface area contributed by atoms with Gasteiger partial charge in [0.15, 0.2) is 0 Å². The second-order valence-electron chi connectivity index (χ2n) is 3.93. The van der Waals surface area contributed by atoms with E-state index in [1.807, 2.05) is 36.4 Å². The highest BCUT2D eigenvalue weighted by atomic mass is 35.5. The molecule has 0 aliphatic rings. The molecule has 0 atom stereocenters. The second-order valence-corrected chi connectivity index (χ2v) is 3.93. The van der Waals surface area contributed by atoms with Gasteiger partial charge in [-0.2, -0.15) is 5.10 Å². The van der Waals surface area contributed by atoms with Gasteiger partial charge in [-0.15, -0.1) is 12.4 Å². The summed E-state index contributed by atoms with van der Waals surface area (Å²) in [6.45, 7) is 0. The van der Waals surface area contributed by atoms with Crippen molar-refractivity contribution in [2.45, 2.75) is 0 Å². The Morgan fingerprint density at radius 1 is 1.05 bits per heavy atom. The topological polar surface area (TPSA) is 54.6 Å². The average Bonchev–Trinajstić information content (AvgIpc) is 2.79. The maximum absolute atomic E-state index is 11.4. The zero-order valence-electron chi connectivity index (χ0n) is 9.85. The van der Waals surface area contributed by atoms with Crippen LogP contribution in [-0.2, 0) is 0 Å². The molecular formula is C14H11ClN2O2. The number of rotatable bonds is 2. The SMILES string of the molecule is Cl.O=C(O)c1c(-c2ccccc2)nn2ccccc12. The maximum atomic E-state index is 11.4. The van der Waals surface area contributed by atoms with Crippen LogP contribution in [0.2, 0.25) is 0 Å². The van der Waals surface area contributed by atoms with E-state index in [4.69, 9.17) is 0 Å². The molecule has 0 aliphatic heterocycles. The third kappa shape index (κ3) is 2.18. The molecule has 0 radical (unpaired) electrons. The van der Waals surface area contributed by atoms with Crippen molar-refractivity contribution in [3.8, 4) is 11.3 Å². The summed E-state index contributed by atoms with van der Waals surface area (Å²) in [7, 11) is 0. The quantitative estimate of drug-likeness (QED) is 0.781. The summed E-state index contributed by atoms with van der Waals surface area (Å²) in [5, 5.41) is 13.7. The molecule has 0 fully saturated rings. The fourth-order valence-corrected chi connectivity index (χ4v) is 2.01. The molecule has 0 saturated heterocycles. The molecule has 3 aromatic rings. The first-order valence-electron chi connectivity index (χ1n) is 5.53. The van der Waals surface area contributed by atoms with E-state index in [0.717, 1.165) is 5.56 Å². The lowest BCUT2D eigenvalue weighted by Gasteiger charge is -1.97. The number of aromatic nitrogens is 2. The Bertz CT molecular complexity index is 723. The summed E-state index contributed by atoms with van der Waals surface area (Å²) < 4.78 is 1.59. The van der Waals surface area contributed by atoms with Gasteiger partial charge in [-0.1, -0.05) is 36.4 Å². The van der Waals surface area contributed by atoms with E-state index < -0.39 is 5.97 Å². The number of carboxylic acids is 1.